The van der Waals surface area contributed by atoms with Crippen molar-refractivity contribution in [1.82, 2.24) is 0 Å². The van der Waals surface area contributed by atoms with Crippen molar-refractivity contribution in [1.29, 1.82) is 0 Å². The highest BCUT2D eigenvalue weighted by Gasteiger charge is 2.11. The minimum atomic E-state index is 0.279. The molecule has 0 rings (SSSR count). The van der Waals surface area contributed by atoms with Crippen LogP contribution in [0.4, 0.5) is 0 Å². The Morgan fingerprint density at radius 1 is 1.00 bits per heavy atom. The van der Waals surface area contributed by atoms with Crippen LogP contribution in [-0.2, 0) is 0 Å². The molecule has 0 saturated heterocycles. The van der Waals surface area contributed by atoms with Crippen LogP contribution in [-0.4, -0.2) is 21.4 Å². The van der Waals surface area contributed by atoms with Crippen molar-refractivity contribution < 1.29 is 0 Å². The predicted molar refractivity (Wildman–Crippen MR) is 46.9 cm³/mol. The van der Waals surface area contributed by atoms with Crippen LogP contribution in [0.2, 0.25) is 0 Å². The first kappa shape index (κ1) is 9.54. The van der Waals surface area contributed by atoms with Crippen molar-refractivity contribution in [3.05, 3.63) is 0 Å². The van der Waals surface area contributed by atoms with Crippen LogP contribution in [0.15, 0.2) is 0 Å². The van der Waals surface area contributed by atoms with E-state index >= 15 is 0 Å². The summed E-state index contributed by atoms with van der Waals surface area (Å²) in [7, 11) is 0. The SMILES string of the molecule is ClC[C@H](Br)[C@@H](Br)CCl. The zero-order valence-corrected chi connectivity index (χ0v) is 8.76. The van der Waals surface area contributed by atoms with E-state index in [4.69, 9.17) is 23.2 Å². The molecule has 0 aromatic heterocycles. The lowest BCUT2D eigenvalue weighted by Gasteiger charge is -2.08. The Bertz CT molecular complexity index is 52.0. The predicted octanol–water partition coefficient (Wildman–Crippen LogP) is 2.99. The third-order valence-electron chi connectivity index (χ3n) is 0.687. The number of hydrogen-bond donors (Lipinski definition) is 0. The van der Waals surface area contributed by atoms with E-state index in [0.29, 0.717) is 11.8 Å². The lowest BCUT2D eigenvalue weighted by molar-refractivity contribution is 0.972. The second kappa shape index (κ2) is 5.33. The molecule has 0 aromatic rings. The van der Waals surface area contributed by atoms with Gasteiger partial charge in [-0.3, -0.25) is 0 Å². The van der Waals surface area contributed by atoms with E-state index in [-0.39, 0.29) is 9.65 Å². The highest BCUT2D eigenvalue weighted by atomic mass is 79.9. The maximum absolute atomic E-state index is 5.49. The molecule has 50 valence electrons. The van der Waals surface area contributed by atoms with Gasteiger partial charge in [0.2, 0.25) is 0 Å². The quantitative estimate of drug-likeness (QED) is 0.699. The van der Waals surface area contributed by atoms with Crippen molar-refractivity contribution in [3.63, 3.8) is 0 Å². The highest BCUT2D eigenvalue weighted by molar-refractivity contribution is 9.12. The molecule has 0 saturated carbocycles. The lowest BCUT2D eigenvalue weighted by atomic mass is 10.4. The van der Waals surface area contributed by atoms with Gasteiger partial charge in [-0.2, -0.15) is 0 Å². The van der Waals surface area contributed by atoms with Gasteiger partial charge in [0, 0.05) is 21.4 Å². The van der Waals surface area contributed by atoms with Crippen molar-refractivity contribution in [2.24, 2.45) is 0 Å². The zero-order valence-electron chi connectivity index (χ0n) is 4.08. The van der Waals surface area contributed by atoms with Crippen LogP contribution >= 0.6 is 55.1 Å². The molecule has 8 heavy (non-hydrogen) atoms. The van der Waals surface area contributed by atoms with E-state index < -0.39 is 0 Å². The van der Waals surface area contributed by atoms with E-state index in [1.54, 1.807) is 0 Å². The molecule has 0 bridgehead atoms. The lowest BCUT2D eigenvalue weighted by Crippen LogP contribution is -2.16. The van der Waals surface area contributed by atoms with Crippen molar-refractivity contribution >= 4 is 55.1 Å². The van der Waals surface area contributed by atoms with Crippen LogP contribution in [0.5, 0.6) is 0 Å². The monoisotopic (exact) mass is 282 g/mol. The molecule has 2 atom stereocenters. The van der Waals surface area contributed by atoms with Gasteiger partial charge in [-0.05, 0) is 0 Å². The normalized spacial score (nSPS) is 18.0. The molecule has 4 heteroatoms. The van der Waals surface area contributed by atoms with Gasteiger partial charge < -0.3 is 0 Å². The number of hydrogen-bond acceptors (Lipinski definition) is 0. The summed E-state index contributed by atoms with van der Waals surface area (Å²) in [5, 5.41) is 0. The Morgan fingerprint density at radius 2 is 1.25 bits per heavy atom. The maximum Gasteiger partial charge on any atom is 0.0418 e. The second-order valence-electron chi connectivity index (χ2n) is 1.34. The fraction of sp³-hybridized carbons (Fsp3) is 1.00. The van der Waals surface area contributed by atoms with Gasteiger partial charge in [-0.15, -0.1) is 23.2 Å². The van der Waals surface area contributed by atoms with E-state index in [2.05, 4.69) is 31.9 Å². The van der Waals surface area contributed by atoms with Gasteiger partial charge in [0.25, 0.3) is 0 Å². The summed E-state index contributed by atoms with van der Waals surface area (Å²) in [6, 6.07) is 0. The molecule has 0 amide bonds. The average molecular weight is 285 g/mol. The third-order valence-corrected chi connectivity index (χ3v) is 4.73. The van der Waals surface area contributed by atoms with Gasteiger partial charge in [0.15, 0.2) is 0 Å². The fourth-order valence-electron chi connectivity index (χ4n) is 0.193. The Kier molecular flexibility index (Phi) is 6.36. The van der Waals surface area contributed by atoms with Crippen LogP contribution in [0.3, 0.4) is 0 Å². The van der Waals surface area contributed by atoms with Gasteiger partial charge >= 0.3 is 0 Å². The molecule has 0 nitrogen and oxygen atoms in total. The van der Waals surface area contributed by atoms with Gasteiger partial charge in [-0.1, -0.05) is 31.9 Å². The fourth-order valence-corrected chi connectivity index (χ4v) is 1.43. The van der Waals surface area contributed by atoms with Crippen LogP contribution < -0.4 is 0 Å². The standard InChI is InChI=1S/C4H6Br2Cl2/c5-3(1-7)4(6)2-8/h3-4H,1-2H2/t3-,4-/m0/s1. The van der Waals surface area contributed by atoms with Crippen molar-refractivity contribution in [3.8, 4) is 0 Å². The second-order valence-corrected chi connectivity index (χ2v) is 4.31. The first-order valence-electron chi connectivity index (χ1n) is 2.12. The maximum atomic E-state index is 5.49. The van der Waals surface area contributed by atoms with E-state index in [1.165, 1.54) is 0 Å². The van der Waals surface area contributed by atoms with Crippen LogP contribution in [0, 0.1) is 0 Å². The molecule has 0 spiro atoms. The molecule has 0 aliphatic carbocycles. The molecule has 0 fully saturated rings. The minimum absolute atomic E-state index is 0.279. The molecular formula is C4H6Br2Cl2. The molecule has 0 radical (unpaired) electrons. The molecule has 0 N–H and O–H groups in total. The Labute approximate surface area is 76.2 Å². The number of halogens is 4. The largest absolute Gasteiger partial charge is 0.125 e. The summed E-state index contributed by atoms with van der Waals surface area (Å²) in [5.41, 5.74) is 0. The Hall–Kier alpha value is 1.54. The molecule has 0 heterocycles. The summed E-state index contributed by atoms with van der Waals surface area (Å²) in [4.78, 5) is 0.559. The first-order chi connectivity index (χ1) is 3.72. The minimum Gasteiger partial charge on any atom is -0.125 e. The van der Waals surface area contributed by atoms with Crippen molar-refractivity contribution in [2.75, 3.05) is 11.8 Å². The third kappa shape index (κ3) is 3.54. The Morgan fingerprint density at radius 3 is 1.38 bits per heavy atom. The van der Waals surface area contributed by atoms with E-state index in [1.807, 2.05) is 0 Å². The van der Waals surface area contributed by atoms with E-state index in [0.717, 1.165) is 0 Å². The van der Waals surface area contributed by atoms with Gasteiger partial charge in [0.05, 0.1) is 0 Å². The molecule has 0 aliphatic rings. The molecule has 0 unspecified atom stereocenters. The summed E-state index contributed by atoms with van der Waals surface area (Å²) in [6.07, 6.45) is 0. The van der Waals surface area contributed by atoms with Crippen LogP contribution in [0.1, 0.15) is 0 Å². The smallest absolute Gasteiger partial charge is 0.0418 e. The molecule has 0 aliphatic heterocycles. The van der Waals surface area contributed by atoms with Crippen LogP contribution in [0.25, 0.3) is 0 Å². The first-order valence-corrected chi connectivity index (χ1v) is 5.02. The number of alkyl halides is 4. The molecular weight excluding hydrogens is 279 g/mol. The average Bonchev–Trinajstić information content (AvgIpc) is 1.84. The molecule has 0 aromatic carbocycles. The highest BCUT2D eigenvalue weighted by Crippen LogP contribution is 2.16. The summed E-state index contributed by atoms with van der Waals surface area (Å²) < 4.78 is 0. The van der Waals surface area contributed by atoms with E-state index in [9.17, 15) is 0 Å². The van der Waals surface area contributed by atoms with Gasteiger partial charge in [-0.25, -0.2) is 0 Å². The summed E-state index contributed by atoms with van der Waals surface area (Å²) in [6.45, 7) is 0. The number of rotatable bonds is 3. The summed E-state index contributed by atoms with van der Waals surface area (Å²) in [5.74, 6) is 1.17. The zero-order chi connectivity index (χ0) is 6.57. The summed E-state index contributed by atoms with van der Waals surface area (Å²) >= 11 is 17.7. The van der Waals surface area contributed by atoms with Gasteiger partial charge in [0.1, 0.15) is 0 Å². The topological polar surface area (TPSA) is 0 Å². The Balaban J connectivity index is 3.29. The van der Waals surface area contributed by atoms with Crippen molar-refractivity contribution in [2.45, 2.75) is 9.65 Å².